The Morgan fingerprint density at radius 1 is 0.967 bits per heavy atom. The van der Waals surface area contributed by atoms with Crippen LogP contribution in [0, 0.1) is 0 Å². The lowest BCUT2D eigenvalue weighted by atomic mass is 10.1. The zero-order valence-corrected chi connectivity index (χ0v) is 16.3. The third-order valence-electron chi connectivity index (χ3n) is 4.42. The predicted molar refractivity (Wildman–Crippen MR) is 111 cm³/mol. The summed E-state index contributed by atoms with van der Waals surface area (Å²) in [5.41, 5.74) is 4.02. The molecule has 0 atom stereocenters. The third-order valence-corrected chi connectivity index (χ3v) is 4.42. The number of nitrogens with one attached hydrogen (secondary N) is 2. The normalized spacial score (nSPS) is 11.1. The van der Waals surface area contributed by atoms with Crippen molar-refractivity contribution < 1.29 is 22.7 Å². The first-order chi connectivity index (χ1) is 14.3. The Morgan fingerprint density at radius 2 is 1.70 bits per heavy atom. The molecule has 4 nitrogen and oxygen atoms in total. The molecule has 30 heavy (non-hydrogen) atoms. The summed E-state index contributed by atoms with van der Waals surface area (Å²) in [6.45, 7) is 2.65. The number of ether oxygens (including phenoxy) is 1. The molecule has 0 aliphatic rings. The van der Waals surface area contributed by atoms with Crippen LogP contribution in [-0.2, 0) is 13.0 Å². The van der Waals surface area contributed by atoms with E-state index in [-0.39, 0.29) is 11.7 Å². The number of hydrogen-bond acceptors (Lipinski definition) is 3. The van der Waals surface area contributed by atoms with E-state index in [9.17, 15) is 18.0 Å². The van der Waals surface area contributed by atoms with Gasteiger partial charge in [0.2, 0.25) is 0 Å². The van der Waals surface area contributed by atoms with Gasteiger partial charge in [0, 0.05) is 23.5 Å². The second-order valence-corrected chi connectivity index (χ2v) is 6.59. The number of amides is 1. The molecule has 0 saturated heterocycles. The van der Waals surface area contributed by atoms with Crippen molar-refractivity contribution in [1.29, 1.82) is 0 Å². The average Bonchev–Trinajstić information content (AvgIpc) is 2.73. The summed E-state index contributed by atoms with van der Waals surface area (Å²) in [6.07, 6.45) is -3.84. The molecule has 0 saturated carbocycles. The molecular weight excluding hydrogens is 393 g/mol. The first kappa shape index (κ1) is 21.2. The second kappa shape index (κ2) is 9.35. The molecule has 0 unspecified atom stereocenters. The van der Waals surface area contributed by atoms with Gasteiger partial charge in [0.05, 0.1) is 0 Å². The van der Waals surface area contributed by atoms with Gasteiger partial charge in [0.25, 0.3) is 5.91 Å². The van der Waals surface area contributed by atoms with E-state index in [0.29, 0.717) is 17.8 Å². The fourth-order valence-corrected chi connectivity index (χ4v) is 2.96. The van der Waals surface area contributed by atoms with Crippen LogP contribution in [0.25, 0.3) is 0 Å². The quantitative estimate of drug-likeness (QED) is 0.498. The van der Waals surface area contributed by atoms with E-state index in [1.54, 1.807) is 18.2 Å². The van der Waals surface area contributed by atoms with Crippen molar-refractivity contribution >= 4 is 17.3 Å². The van der Waals surface area contributed by atoms with E-state index in [4.69, 9.17) is 0 Å². The highest BCUT2D eigenvalue weighted by atomic mass is 19.4. The molecule has 2 N–H and O–H groups in total. The molecule has 156 valence electrons. The molecule has 1 amide bonds. The van der Waals surface area contributed by atoms with Crippen LogP contribution in [0.4, 0.5) is 24.5 Å². The lowest BCUT2D eigenvalue weighted by Crippen LogP contribution is -2.17. The highest BCUT2D eigenvalue weighted by Crippen LogP contribution is 2.24. The van der Waals surface area contributed by atoms with Gasteiger partial charge in [-0.3, -0.25) is 4.79 Å². The Labute approximate surface area is 172 Å². The molecule has 0 spiro atoms. The maximum Gasteiger partial charge on any atom is 0.573 e. The van der Waals surface area contributed by atoms with Gasteiger partial charge in [-0.05, 0) is 60.0 Å². The van der Waals surface area contributed by atoms with E-state index < -0.39 is 6.36 Å². The third kappa shape index (κ3) is 6.01. The number of hydrogen-bond donors (Lipinski definition) is 2. The molecule has 0 aliphatic carbocycles. The highest BCUT2D eigenvalue weighted by molar-refractivity contribution is 6.04. The van der Waals surface area contributed by atoms with E-state index in [2.05, 4.69) is 28.4 Å². The summed E-state index contributed by atoms with van der Waals surface area (Å²) in [7, 11) is 0. The van der Waals surface area contributed by atoms with Gasteiger partial charge in [-0.2, -0.15) is 0 Å². The van der Waals surface area contributed by atoms with Crippen LogP contribution in [0.15, 0.2) is 72.8 Å². The molecule has 3 aromatic rings. The number of carbonyl (C=O) groups excluding carboxylic acids is 1. The van der Waals surface area contributed by atoms with Gasteiger partial charge in [0.15, 0.2) is 0 Å². The monoisotopic (exact) mass is 414 g/mol. The lowest BCUT2D eigenvalue weighted by molar-refractivity contribution is -0.274. The molecule has 0 aliphatic heterocycles. The minimum absolute atomic E-state index is 0.346. The minimum Gasteiger partial charge on any atom is -0.406 e. The first-order valence-corrected chi connectivity index (χ1v) is 9.42. The van der Waals surface area contributed by atoms with Crippen LogP contribution in [0.1, 0.15) is 28.4 Å². The van der Waals surface area contributed by atoms with Crippen molar-refractivity contribution in [3.63, 3.8) is 0 Å². The van der Waals surface area contributed by atoms with Gasteiger partial charge >= 0.3 is 6.36 Å². The Bertz CT molecular complexity index is 1000. The number of halogens is 3. The summed E-state index contributed by atoms with van der Waals surface area (Å²) >= 11 is 0. The molecule has 0 radical (unpaired) electrons. The van der Waals surface area contributed by atoms with Gasteiger partial charge in [0.1, 0.15) is 5.75 Å². The van der Waals surface area contributed by atoms with Crippen LogP contribution in [0.5, 0.6) is 5.75 Å². The second-order valence-electron chi connectivity index (χ2n) is 6.59. The fourth-order valence-electron chi connectivity index (χ4n) is 2.96. The Balaban J connectivity index is 1.63. The van der Waals surface area contributed by atoms with Crippen molar-refractivity contribution in [1.82, 2.24) is 0 Å². The Kier molecular flexibility index (Phi) is 6.61. The maximum atomic E-state index is 12.5. The minimum atomic E-state index is -4.75. The molecule has 0 fully saturated rings. The molecule has 0 aromatic heterocycles. The molecule has 0 bridgehead atoms. The van der Waals surface area contributed by atoms with E-state index in [0.717, 1.165) is 29.8 Å². The smallest absolute Gasteiger partial charge is 0.406 e. The van der Waals surface area contributed by atoms with Crippen LogP contribution in [-0.4, -0.2) is 12.3 Å². The predicted octanol–water partition coefficient (Wildman–Crippen LogP) is 6.01. The molecule has 3 rings (SSSR count). The molecule has 7 heteroatoms. The summed E-state index contributed by atoms with van der Waals surface area (Å²) in [5.74, 6) is -0.698. The largest absolute Gasteiger partial charge is 0.573 e. The zero-order valence-electron chi connectivity index (χ0n) is 16.3. The van der Waals surface area contributed by atoms with Crippen LogP contribution < -0.4 is 15.4 Å². The topological polar surface area (TPSA) is 50.4 Å². The first-order valence-electron chi connectivity index (χ1n) is 9.42. The summed E-state index contributed by atoms with van der Waals surface area (Å²) in [6, 6.07) is 20.2. The van der Waals surface area contributed by atoms with Crippen LogP contribution in [0.2, 0.25) is 0 Å². The summed E-state index contributed by atoms with van der Waals surface area (Å²) < 4.78 is 40.5. The number of para-hydroxylation sites is 1. The number of alkyl halides is 3. The Hall–Kier alpha value is -3.48. The van der Waals surface area contributed by atoms with Crippen molar-refractivity contribution in [2.24, 2.45) is 0 Å². The van der Waals surface area contributed by atoms with Crippen LogP contribution in [0.3, 0.4) is 0 Å². The zero-order chi connectivity index (χ0) is 21.6. The highest BCUT2D eigenvalue weighted by Gasteiger charge is 2.30. The standard InChI is InChI=1S/C23H21F3N2O2/c1-2-17-7-3-4-9-21(17)27-15-16-6-5-8-18(14-16)22(29)28-19-10-12-20(13-11-19)30-23(24,25)26/h3-14,27H,2,15H2,1H3,(H,28,29). The number of carbonyl (C=O) groups is 1. The lowest BCUT2D eigenvalue weighted by Gasteiger charge is -2.12. The van der Waals surface area contributed by atoms with E-state index >= 15 is 0 Å². The van der Waals surface area contributed by atoms with E-state index in [1.807, 2.05) is 24.3 Å². The summed E-state index contributed by atoms with van der Waals surface area (Å²) in [4.78, 5) is 12.5. The summed E-state index contributed by atoms with van der Waals surface area (Å²) in [5, 5.41) is 6.05. The number of aryl methyl sites for hydroxylation is 1. The van der Waals surface area contributed by atoms with Crippen molar-refractivity contribution in [3.05, 3.63) is 89.5 Å². The molecule has 3 aromatic carbocycles. The van der Waals surface area contributed by atoms with E-state index in [1.165, 1.54) is 17.7 Å². The van der Waals surface area contributed by atoms with Crippen molar-refractivity contribution in [2.45, 2.75) is 26.3 Å². The van der Waals surface area contributed by atoms with Gasteiger partial charge in [-0.25, -0.2) is 0 Å². The van der Waals surface area contributed by atoms with Gasteiger partial charge < -0.3 is 15.4 Å². The number of benzene rings is 3. The molecule has 0 heterocycles. The number of rotatable bonds is 7. The van der Waals surface area contributed by atoms with Gasteiger partial charge in [-0.15, -0.1) is 13.2 Å². The number of anilines is 2. The van der Waals surface area contributed by atoms with Crippen molar-refractivity contribution in [3.8, 4) is 5.75 Å². The average molecular weight is 414 g/mol. The molecular formula is C23H21F3N2O2. The fraction of sp³-hybridized carbons (Fsp3) is 0.174. The maximum absolute atomic E-state index is 12.5. The van der Waals surface area contributed by atoms with Crippen molar-refractivity contribution in [2.75, 3.05) is 10.6 Å². The van der Waals surface area contributed by atoms with Crippen LogP contribution >= 0.6 is 0 Å². The SMILES string of the molecule is CCc1ccccc1NCc1cccc(C(=O)Nc2ccc(OC(F)(F)F)cc2)c1. The van der Waals surface area contributed by atoms with Gasteiger partial charge in [-0.1, -0.05) is 37.3 Å². The Morgan fingerprint density at radius 3 is 2.40 bits per heavy atom.